The molecule has 0 bridgehead atoms. The molecular formula is C25H35N3O3S2. The van der Waals surface area contributed by atoms with E-state index in [-0.39, 0.29) is 11.8 Å². The summed E-state index contributed by atoms with van der Waals surface area (Å²) in [6.07, 6.45) is 4.68. The summed E-state index contributed by atoms with van der Waals surface area (Å²) in [6.45, 7) is 7.17. The SMILES string of the molecule is Cc1ccc(S(=O)(=O)N2CCCC(C(=O)N3CCCN(CCCc4ccccc4)CC3)C2)s1. The van der Waals surface area contributed by atoms with Crippen molar-refractivity contribution in [2.45, 2.75) is 43.2 Å². The molecule has 2 fully saturated rings. The van der Waals surface area contributed by atoms with E-state index in [1.807, 2.05) is 24.0 Å². The summed E-state index contributed by atoms with van der Waals surface area (Å²) in [4.78, 5) is 18.7. The molecule has 2 aliphatic heterocycles. The minimum Gasteiger partial charge on any atom is -0.341 e. The lowest BCUT2D eigenvalue weighted by Crippen LogP contribution is -2.47. The zero-order valence-corrected chi connectivity index (χ0v) is 21.1. The Hall–Kier alpha value is -1.74. The molecule has 1 unspecified atom stereocenters. The highest BCUT2D eigenvalue weighted by Gasteiger charge is 2.36. The van der Waals surface area contributed by atoms with Gasteiger partial charge in [0.05, 0.1) is 5.92 Å². The third-order valence-corrected chi connectivity index (χ3v) is 10.1. The predicted molar refractivity (Wildman–Crippen MR) is 133 cm³/mol. The fourth-order valence-corrected chi connectivity index (χ4v) is 7.83. The lowest BCUT2D eigenvalue weighted by molar-refractivity contribution is -0.136. The fraction of sp³-hybridized carbons (Fsp3) is 0.560. The molecule has 33 heavy (non-hydrogen) atoms. The highest BCUT2D eigenvalue weighted by molar-refractivity contribution is 7.91. The smallest absolute Gasteiger partial charge is 0.252 e. The van der Waals surface area contributed by atoms with Crippen LogP contribution in [-0.2, 0) is 21.2 Å². The lowest BCUT2D eigenvalue weighted by Gasteiger charge is -2.33. The number of hydrogen-bond acceptors (Lipinski definition) is 5. The molecule has 3 heterocycles. The number of rotatable bonds is 7. The highest BCUT2D eigenvalue weighted by atomic mass is 32.2. The topological polar surface area (TPSA) is 60.9 Å². The minimum absolute atomic E-state index is 0.128. The van der Waals surface area contributed by atoms with Gasteiger partial charge in [0.2, 0.25) is 5.91 Å². The minimum atomic E-state index is -3.51. The van der Waals surface area contributed by atoms with Crippen molar-refractivity contribution in [1.29, 1.82) is 0 Å². The van der Waals surface area contributed by atoms with E-state index in [1.54, 1.807) is 6.07 Å². The summed E-state index contributed by atoms with van der Waals surface area (Å²) in [5, 5.41) is 0. The molecule has 8 heteroatoms. The van der Waals surface area contributed by atoms with Gasteiger partial charge >= 0.3 is 0 Å². The molecule has 2 saturated heterocycles. The second kappa shape index (κ2) is 11.1. The number of aryl methyl sites for hydroxylation is 2. The maximum atomic E-state index is 13.3. The van der Waals surface area contributed by atoms with Crippen molar-refractivity contribution in [1.82, 2.24) is 14.1 Å². The van der Waals surface area contributed by atoms with Gasteiger partial charge in [-0.25, -0.2) is 8.42 Å². The van der Waals surface area contributed by atoms with Crippen LogP contribution < -0.4 is 0 Å². The molecule has 180 valence electrons. The van der Waals surface area contributed by atoms with Crippen molar-refractivity contribution in [3.05, 3.63) is 52.9 Å². The molecule has 0 spiro atoms. The first-order valence-corrected chi connectivity index (χ1v) is 14.3. The van der Waals surface area contributed by atoms with Gasteiger partial charge in [-0.3, -0.25) is 4.79 Å². The van der Waals surface area contributed by atoms with Gasteiger partial charge < -0.3 is 9.80 Å². The van der Waals surface area contributed by atoms with Crippen molar-refractivity contribution in [3.8, 4) is 0 Å². The van der Waals surface area contributed by atoms with Crippen LogP contribution in [0.3, 0.4) is 0 Å². The van der Waals surface area contributed by atoms with Gasteiger partial charge in [-0.1, -0.05) is 30.3 Å². The van der Waals surface area contributed by atoms with E-state index < -0.39 is 10.0 Å². The van der Waals surface area contributed by atoms with Gasteiger partial charge in [0.1, 0.15) is 4.21 Å². The molecule has 1 atom stereocenters. The van der Waals surface area contributed by atoms with Crippen LogP contribution in [0, 0.1) is 12.8 Å². The van der Waals surface area contributed by atoms with E-state index in [4.69, 9.17) is 0 Å². The van der Waals surface area contributed by atoms with Crippen LogP contribution in [-0.4, -0.2) is 74.2 Å². The van der Waals surface area contributed by atoms with E-state index in [1.165, 1.54) is 21.2 Å². The molecule has 0 radical (unpaired) electrons. The normalized spacial score (nSPS) is 21.1. The van der Waals surface area contributed by atoms with Crippen LogP contribution in [0.4, 0.5) is 0 Å². The highest BCUT2D eigenvalue weighted by Crippen LogP contribution is 2.29. The molecule has 1 aromatic heterocycles. The zero-order valence-electron chi connectivity index (χ0n) is 19.5. The molecule has 4 rings (SSSR count). The van der Waals surface area contributed by atoms with Crippen LogP contribution in [0.15, 0.2) is 46.7 Å². The third-order valence-electron chi connectivity index (χ3n) is 6.73. The van der Waals surface area contributed by atoms with Crippen LogP contribution in [0.1, 0.15) is 36.1 Å². The number of hydrogen-bond donors (Lipinski definition) is 0. The molecule has 0 N–H and O–H groups in total. The van der Waals surface area contributed by atoms with E-state index in [9.17, 15) is 13.2 Å². The molecule has 1 aromatic carbocycles. The molecule has 0 aliphatic carbocycles. The molecule has 0 saturated carbocycles. The number of amides is 1. The van der Waals surface area contributed by atoms with Crippen molar-refractivity contribution >= 4 is 27.3 Å². The van der Waals surface area contributed by atoms with Crippen molar-refractivity contribution in [3.63, 3.8) is 0 Å². The van der Waals surface area contributed by atoms with Gasteiger partial charge in [0.25, 0.3) is 10.0 Å². The lowest BCUT2D eigenvalue weighted by atomic mass is 9.98. The molecular weight excluding hydrogens is 454 g/mol. The number of carbonyl (C=O) groups is 1. The summed E-state index contributed by atoms with van der Waals surface area (Å²) in [5.74, 6) is -0.109. The van der Waals surface area contributed by atoms with Gasteiger partial charge in [-0.15, -0.1) is 11.3 Å². The number of thiophene rings is 1. The van der Waals surface area contributed by atoms with Gasteiger partial charge in [0.15, 0.2) is 0 Å². The van der Waals surface area contributed by atoms with E-state index >= 15 is 0 Å². The monoisotopic (exact) mass is 489 g/mol. The standard InChI is InChI=1S/C25H35N3O3S2/c1-21-12-13-24(32-21)33(30,31)28-17-6-11-23(20-28)25(29)27-16-7-15-26(18-19-27)14-5-10-22-8-3-2-4-9-22/h2-4,8-9,12-13,23H,5-7,10-11,14-20H2,1H3. The van der Waals surface area contributed by atoms with Crippen molar-refractivity contribution in [2.24, 2.45) is 5.92 Å². The summed E-state index contributed by atoms with van der Waals surface area (Å²) >= 11 is 1.30. The number of benzene rings is 1. The number of sulfonamides is 1. The van der Waals surface area contributed by atoms with Crippen LogP contribution in [0.5, 0.6) is 0 Å². The maximum absolute atomic E-state index is 13.3. The Kier molecular flexibility index (Phi) is 8.22. The molecule has 1 amide bonds. The van der Waals surface area contributed by atoms with Crippen LogP contribution >= 0.6 is 11.3 Å². The second-order valence-electron chi connectivity index (χ2n) is 9.18. The summed E-state index contributed by atoms with van der Waals surface area (Å²) in [6, 6.07) is 14.1. The predicted octanol–water partition coefficient (Wildman–Crippen LogP) is 3.62. The van der Waals surface area contributed by atoms with Crippen molar-refractivity contribution in [2.75, 3.05) is 45.8 Å². The van der Waals surface area contributed by atoms with Crippen molar-refractivity contribution < 1.29 is 13.2 Å². The van der Waals surface area contributed by atoms with Gasteiger partial charge in [-0.2, -0.15) is 4.31 Å². The summed E-state index contributed by atoms with van der Waals surface area (Å²) in [7, 11) is -3.51. The Morgan fingerprint density at radius 2 is 1.82 bits per heavy atom. The third kappa shape index (κ3) is 6.23. The molecule has 6 nitrogen and oxygen atoms in total. The quantitative estimate of drug-likeness (QED) is 0.596. The largest absolute Gasteiger partial charge is 0.341 e. The number of piperidine rings is 1. The summed E-state index contributed by atoms with van der Waals surface area (Å²) < 4.78 is 28.0. The van der Waals surface area contributed by atoms with E-state index in [0.29, 0.717) is 17.3 Å². The van der Waals surface area contributed by atoms with E-state index in [2.05, 4.69) is 29.2 Å². The Labute approximate surface area is 202 Å². The first kappa shape index (κ1) is 24.4. The number of nitrogens with zero attached hydrogens (tertiary/aromatic N) is 3. The molecule has 2 aromatic rings. The number of carbonyl (C=O) groups excluding carboxylic acids is 1. The Bertz CT molecular complexity index is 1020. The first-order chi connectivity index (χ1) is 15.9. The Morgan fingerprint density at radius 3 is 2.58 bits per heavy atom. The first-order valence-electron chi connectivity index (χ1n) is 12.0. The Morgan fingerprint density at radius 1 is 1.00 bits per heavy atom. The van der Waals surface area contributed by atoms with Crippen LogP contribution in [0.2, 0.25) is 0 Å². The van der Waals surface area contributed by atoms with Crippen LogP contribution in [0.25, 0.3) is 0 Å². The van der Waals surface area contributed by atoms with Gasteiger partial charge in [-0.05, 0) is 69.8 Å². The zero-order chi connectivity index (χ0) is 23.3. The maximum Gasteiger partial charge on any atom is 0.252 e. The average Bonchev–Trinajstić information content (AvgIpc) is 3.14. The second-order valence-corrected chi connectivity index (χ2v) is 12.6. The average molecular weight is 490 g/mol. The Balaban J connectivity index is 1.28. The molecule has 2 aliphatic rings. The van der Waals surface area contributed by atoms with Gasteiger partial charge in [0, 0.05) is 37.6 Å². The van der Waals surface area contributed by atoms with E-state index in [0.717, 1.165) is 69.7 Å². The summed E-state index contributed by atoms with van der Waals surface area (Å²) in [5.41, 5.74) is 1.37. The fourth-order valence-electron chi connectivity index (χ4n) is 4.86.